The van der Waals surface area contributed by atoms with E-state index in [0.29, 0.717) is 5.57 Å². The summed E-state index contributed by atoms with van der Waals surface area (Å²) in [5.41, 5.74) is 0.827. The van der Waals surface area contributed by atoms with E-state index in [4.69, 9.17) is 4.74 Å². The molecule has 3 amide bonds. The molecule has 0 radical (unpaired) electrons. The van der Waals surface area contributed by atoms with Gasteiger partial charge < -0.3 is 20.3 Å². The second-order valence-electron chi connectivity index (χ2n) is 7.59. The van der Waals surface area contributed by atoms with Crippen molar-refractivity contribution in [2.24, 2.45) is 0 Å². The van der Waals surface area contributed by atoms with E-state index < -0.39 is 29.7 Å². The first kappa shape index (κ1) is 21.2. The third-order valence-corrected chi connectivity index (χ3v) is 4.01. The van der Waals surface area contributed by atoms with Gasteiger partial charge in [-0.3, -0.25) is 9.59 Å². The van der Waals surface area contributed by atoms with Crippen LogP contribution in [0.1, 0.15) is 33.3 Å². The van der Waals surface area contributed by atoms with Crippen LogP contribution in [0.15, 0.2) is 48.7 Å². The fourth-order valence-corrected chi connectivity index (χ4v) is 2.63. The van der Waals surface area contributed by atoms with Crippen molar-refractivity contribution in [3.8, 4) is 0 Å². The smallest absolute Gasteiger partial charge is 0.408 e. The van der Waals surface area contributed by atoms with E-state index in [1.165, 1.54) is 11.8 Å². The Hall–Kier alpha value is -3.09. The molecule has 7 nitrogen and oxygen atoms in total. The van der Waals surface area contributed by atoms with Crippen molar-refractivity contribution in [1.82, 2.24) is 15.5 Å². The number of amides is 3. The molecule has 2 atom stereocenters. The molecule has 7 heteroatoms. The van der Waals surface area contributed by atoms with Gasteiger partial charge in [0.1, 0.15) is 17.7 Å². The number of alkyl carbamates (subject to hydrolysis) is 1. The summed E-state index contributed by atoms with van der Waals surface area (Å²) >= 11 is 0. The van der Waals surface area contributed by atoms with Crippen molar-refractivity contribution in [2.45, 2.75) is 45.4 Å². The van der Waals surface area contributed by atoms with Crippen LogP contribution in [0.3, 0.4) is 0 Å². The van der Waals surface area contributed by atoms with Gasteiger partial charge in [-0.15, -0.1) is 0 Å². The summed E-state index contributed by atoms with van der Waals surface area (Å²) in [4.78, 5) is 38.8. The van der Waals surface area contributed by atoms with Crippen LogP contribution in [0.25, 0.3) is 5.57 Å². The van der Waals surface area contributed by atoms with Crippen LogP contribution < -0.4 is 10.6 Å². The highest BCUT2D eigenvalue weighted by Crippen LogP contribution is 2.22. The molecule has 1 unspecified atom stereocenters. The molecule has 1 aliphatic rings. The highest BCUT2D eigenvalue weighted by molar-refractivity contribution is 6.01. The van der Waals surface area contributed by atoms with Gasteiger partial charge in [0, 0.05) is 13.2 Å². The van der Waals surface area contributed by atoms with E-state index >= 15 is 0 Å². The predicted octanol–water partition coefficient (Wildman–Crippen LogP) is 2.45. The minimum atomic E-state index is -0.877. The lowest BCUT2D eigenvalue weighted by molar-refractivity contribution is -0.132. The minimum Gasteiger partial charge on any atom is -0.444 e. The predicted molar refractivity (Wildman–Crippen MR) is 107 cm³/mol. The molecule has 1 heterocycles. The standard InChI is InChI=1S/C21H27N3O4/c1-14(22-20(27)28-21(2,3)4)18(25)23-17-16(15-10-7-6-8-11-15)12-9-13-24(5)19(17)26/h6-14,17H,1-5H3,(H,22,27)(H,23,25)/t14?,17-/m0/s1. The lowest BCUT2D eigenvalue weighted by Gasteiger charge is -2.26. The van der Waals surface area contributed by atoms with Crippen LogP contribution in [-0.2, 0) is 14.3 Å². The Labute approximate surface area is 165 Å². The van der Waals surface area contributed by atoms with E-state index in [0.717, 1.165) is 5.56 Å². The summed E-state index contributed by atoms with van der Waals surface area (Å²) in [6.07, 6.45) is 4.50. The van der Waals surface area contributed by atoms with Crippen LogP contribution >= 0.6 is 0 Å². The summed E-state index contributed by atoms with van der Waals surface area (Å²) < 4.78 is 5.17. The molecule has 0 aliphatic carbocycles. The molecule has 2 rings (SSSR count). The van der Waals surface area contributed by atoms with Gasteiger partial charge in [-0.25, -0.2) is 4.79 Å². The van der Waals surface area contributed by atoms with Crippen molar-refractivity contribution in [3.63, 3.8) is 0 Å². The van der Waals surface area contributed by atoms with E-state index in [1.54, 1.807) is 46.2 Å². The molecule has 1 aromatic carbocycles. The van der Waals surface area contributed by atoms with Gasteiger partial charge in [0.2, 0.25) is 5.91 Å². The Balaban J connectivity index is 2.16. The van der Waals surface area contributed by atoms with Crippen LogP contribution in [-0.4, -0.2) is 47.5 Å². The molecule has 1 aliphatic heterocycles. The van der Waals surface area contributed by atoms with Crippen molar-refractivity contribution >= 4 is 23.5 Å². The topological polar surface area (TPSA) is 87.7 Å². The number of nitrogens with one attached hydrogen (secondary N) is 2. The van der Waals surface area contributed by atoms with Crippen LogP contribution in [0.4, 0.5) is 4.79 Å². The third-order valence-electron chi connectivity index (χ3n) is 4.01. The number of benzene rings is 1. The minimum absolute atomic E-state index is 0.276. The SMILES string of the molecule is CC(NC(=O)OC(C)(C)C)C(=O)N[C@@H]1C(=O)N(C)C=CC=C1c1ccccc1. The first-order valence-electron chi connectivity index (χ1n) is 9.09. The number of allylic oxidation sites excluding steroid dienone is 2. The van der Waals surface area contributed by atoms with E-state index in [1.807, 2.05) is 30.3 Å². The molecule has 0 saturated heterocycles. The molecule has 0 fully saturated rings. The quantitative estimate of drug-likeness (QED) is 0.833. The van der Waals surface area contributed by atoms with Crippen molar-refractivity contribution < 1.29 is 19.1 Å². The number of rotatable bonds is 4. The zero-order chi connectivity index (χ0) is 20.9. The summed E-state index contributed by atoms with van der Waals surface area (Å²) in [5.74, 6) is -0.761. The van der Waals surface area contributed by atoms with Crippen molar-refractivity contribution in [2.75, 3.05) is 7.05 Å². The highest BCUT2D eigenvalue weighted by atomic mass is 16.6. The Morgan fingerprint density at radius 2 is 1.82 bits per heavy atom. The average Bonchev–Trinajstić information content (AvgIpc) is 2.74. The van der Waals surface area contributed by atoms with E-state index in [9.17, 15) is 14.4 Å². The first-order valence-corrected chi connectivity index (χ1v) is 9.09. The zero-order valence-electron chi connectivity index (χ0n) is 16.9. The molecular weight excluding hydrogens is 358 g/mol. The molecule has 0 saturated carbocycles. The number of carbonyl (C=O) groups is 3. The van der Waals surface area contributed by atoms with Gasteiger partial charge in [-0.1, -0.05) is 36.4 Å². The second kappa shape index (κ2) is 8.73. The first-order chi connectivity index (χ1) is 13.1. The summed E-state index contributed by atoms with van der Waals surface area (Å²) in [6.45, 7) is 6.75. The number of carbonyl (C=O) groups excluding carboxylic acids is 3. The molecule has 0 spiro atoms. The average molecular weight is 385 g/mol. The summed E-state index contributed by atoms with van der Waals surface area (Å²) in [5, 5.41) is 5.24. The van der Waals surface area contributed by atoms with Crippen LogP contribution in [0, 0.1) is 0 Å². The molecule has 1 aromatic rings. The highest BCUT2D eigenvalue weighted by Gasteiger charge is 2.31. The van der Waals surface area contributed by atoms with Crippen molar-refractivity contribution in [3.05, 3.63) is 54.2 Å². The van der Waals surface area contributed by atoms with Gasteiger partial charge >= 0.3 is 6.09 Å². The molecule has 0 aromatic heterocycles. The van der Waals surface area contributed by atoms with Gasteiger partial charge in [0.25, 0.3) is 5.91 Å². The number of ether oxygens (including phenoxy) is 1. The fraction of sp³-hybridized carbons (Fsp3) is 0.381. The Bertz CT molecular complexity index is 794. The Kier molecular flexibility index (Phi) is 6.62. The number of hydrogen-bond donors (Lipinski definition) is 2. The zero-order valence-corrected chi connectivity index (χ0v) is 16.9. The van der Waals surface area contributed by atoms with E-state index in [-0.39, 0.29) is 5.91 Å². The van der Waals surface area contributed by atoms with Gasteiger partial charge in [0.05, 0.1) is 0 Å². The molecule has 28 heavy (non-hydrogen) atoms. The monoisotopic (exact) mass is 385 g/mol. The number of nitrogens with zero attached hydrogens (tertiary/aromatic N) is 1. The van der Waals surface area contributed by atoms with Gasteiger partial charge in [-0.05, 0) is 44.9 Å². The second-order valence-corrected chi connectivity index (χ2v) is 7.59. The van der Waals surface area contributed by atoms with Crippen LogP contribution in [0.5, 0.6) is 0 Å². The number of hydrogen-bond acceptors (Lipinski definition) is 4. The normalized spacial score (nSPS) is 18.0. The lowest BCUT2D eigenvalue weighted by Crippen LogP contribution is -2.53. The summed E-state index contributed by atoms with van der Waals surface area (Å²) in [6, 6.07) is 7.61. The van der Waals surface area contributed by atoms with Crippen molar-refractivity contribution in [1.29, 1.82) is 0 Å². The number of likely N-dealkylation sites (N-methyl/N-ethyl adjacent to an activating group) is 1. The Morgan fingerprint density at radius 3 is 2.43 bits per heavy atom. The molecular formula is C21H27N3O4. The summed E-state index contributed by atoms with van der Waals surface area (Å²) in [7, 11) is 1.63. The third kappa shape index (κ3) is 5.70. The Morgan fingerprint density at radius 1 is 1.18 bits per heavy atom. The van der Waals surface area contributed by atoms with E-state index in [2.05, 4.69) is 10.6 Å². The maximum atomic E-state index is 12.8. The molecule has 0 bridgehead atoms. The molecule has 150 valence electrons. The van der Waals surface area contributed by atoms with Crippen LogP contribution in [0.2, 0.25) is 0 Å². The van der Waals surface area contributed by atoms with Gasteiger partial charge in [-0.2, -0.15) is 0 Å². The molecule has 2 N–H and O–H groups in total. The maximum Gasteiger partial charge on any atom is 0.408 e. The lowest BCUT2D eigenvalue weighted by atomic mass is 9.97. The van der Waals surface area contributed by atoms with Gasteiger partial charge in [0.15, 0.2) is 0 Å². The fourth-order valence-electron chi connectivity index (χ4n) is 2.63. The largest absolute Gasteiger partial charge is 0.444 e. The maximum absolute atomic E-state index is 12.8.